The maximum absolute atomic E-state index is 13.0. The number of hydrogen-bond acceptors (Lipinski definition) is 16. The van der Waals surface area contributed by atoms with Crippen LogP contribution in [0.1, 0.15) is 32.8 Å². The first kappa shape index (κ1) is 43.6. The van der Waals surface area contributed by atoms with Crippen LogP contribution in [0, 0.1) is 5.92 Å². The van der Waals surface area contributed by atoms with E-state index in [1.165, 1.54) is 31.7 Å². The van der Waals surface area contributed by atoms with E-state index in [2.05, 4.69) is 51.8 Å². The molecular weight excluding hydrogens is 778 g/mol. The molecule has 10 N–H and O–H groups in total. The number of imide groups is 1. The molecule has 2 aliphatic rings. The van der Waals surface area contributed by atoms with Gasteiger partial charge in [-0.3, -0.25) is 33.7 Å². The lowest BCUT2D eigenvalue weighted by molar-refractivity contribution is -0.185. The fraction of sp³-hybridized carbons (Fsp3) is 0.444. The van der Waals surface area contributed by atoms with Crippen molar-refractivity contribution in [3.63, 3.8) is 0 Å². The number of aliphatic hydroxyl groups is 3. The van der Waals surface area contributed by atoms with Crippen molar-refractivity contribution in [1.82, 2.24) is 46.1 Å². The Morgan fingerprint density at radius 2 is 1.64 bits per heavy atom. The Morgan fingerprint density at radius 3 is 2.32 bits per heavy atom. The van der Waals surface area contributed by atoms with Gasteiger partial charge in [-0.1, -0.05) is 26.0 Å². The van der Waals surface area contributed by atoms with E-state index in [1.807, 2.05) is 0 Å². The Morgan fingerprint density at radius 1 is 0.932 bits per heavy atom. The van der Waals surface area contributed by atoms with Gasteiger partial charge in [0.2, 0.25) is 23.6 Å². The lowest BCUT2D eigenvalue weighted by atomic mass is 9.95. The van der Waals surface area contributed by atoms with Gasteiger partial charge in [0, 0.05) is 30.8 Å². The predicted octanol–water partition coefficient (Wildman–Crippen LogP) is -2.49. The molecule has 2 aromatic heterocycles. The fourth-order valence-electron chi connectivity index (χ4n) is 5.97. The number of aliphatic hydroxyl groups excluding tert-OH is 3. The molecule has 3 aromatic rings. The molecule has 23 heteroatoms. The average Bonchev–Trinajstić information content (AvgIpc) is 3.83. The minimum atomic E-state index is -1.60. The van der Waals surface area contributed by atoms with Gasteiger partial charge in [-0.15, -0.1) is 0 Å². The topological polar surface area (TPSA) is 329 Å². The van der Waals surface area contributed by atoms with Crippen LogP contribution in [0.5, 0.6) is 0 Å². The van der Waals surface area contributed by atoms with Crippen LogP contribution in [0.15, 0.2) is 49.1 Å². The molecule has 23 nitrogen and oxygen atoms in total. The fourth-order valence-corrected chi connectivity index (χ4v) is 5.97. The monoisotopic (exact) mass is 823 g/mol. The number of H-pyrrole nitrogens is 1. The first-order valence-corrected chi connectivity index (χ1v) is 18.4. The van der Waals surface area contributed by atoms with E-state index >= 15 is 0 Å². The summed E-state index contributed by atoms with van der Waals surface area (Å²) in [4.78, 5) is 103. The van der Waals surface area contributed by atoms with Gasteiger partial charge in [0.05, 0.1) is 19.0 Å². The van der Waals surface area contributed by atoms with Crippen molar-refractivity contribution in [3.8, 4) is 0 Å². The van der Waals surface area contributed by atoms with E-state index in [-0.39, 0.29) is 31.3 Å². The number of alkyl carbamates (subject to hydrolysis) is 1. The van der Waals surface area contributed by atoms with Crippen LogP contribution in [0.2, 0.25) is 0 Å². The summed E-state index contributed by atoms with van der Waals surface area (Å²) in [5.74, 6) is -3.69. The third-order valence-corrected chi connectivity index (χ3v) is 9.22. The molecule has 1 saturated heterocycles. The zero-order valence-electron chi connectivity index (χ0n) is 32.1. The maximum atomic E-state index is 13.0. The van der Waals surface area contributed by atoms with Crippen molar-refractivity contribution in [1.29, 1.82) is 0 Å². The average molecular weight is 824 g/mol. The van der Waals surface area contributed by atoms with E-state index in [4.69, 9.17) is 9.47 Å². The quantitative estimate of drug-likeness (QED) is 0.0630. The van der Waals surface area contributed by atoms with Gasteiger partial charge in [0.1, 0.15) is 55.4 Å². The van der Waals surface area contributed by atoms with Gasteiger partial charge in [-0.2, -0.15) is 0 Å². The lowest BCUT2D eigenvalue weighted by Crippen LogP contribution is -2.66. The largest absolute Gasteiger partial charge is 0.445 e. The van der Waals surface area contributed by atoms with Gasteiger partial charge >= 0.3 is 6.09 Å². The van der Waals surface area contributed by atoms with E-state index in [0.29, 0.717) is 22.4 Å². The Bertz CT molecular complexity index is 2040. The summed E-state index contributed by atoms with van der Waals surface area (Å²) in [6, 6.07) is 2.94. The maximum Gasteiger partial charge on any atom is 0.407 e. The van der Waals surface area contributed by atoms with E-state index < -0.39 is 97.4 Å². The SMILES string of the molecule is CC(C)[C@H](NC(=O)CCN1C(=O)C=CC1=O)C(=O)N[C@@H](C)C(=O)Nc1ccc(COC(=O)NCC(=O)N[C@@H]2[C@@H](O)[C@H](O)[C@@H](Nc3ncnc4nc[nH]c34)O[C@H]2CO)cc1. The lowest BCUT2D eigenvalue weighted by Gasteiger charge is -2.42. The molecule has 1 aromatic carbocycles. The molecule has 7 atom stereocenters. The minimum Gasteiger partial charge on any atom is -0.445 e. The highest BCUT2D eigenvalue weighted by Crippen LogP contribution is 2.24. The summed E-state index contributed by atoms with van der Waals surface area (Å²) in [5, 5.41) is 46.8. The van der Waals surface area contributed by atoms with Crippen molar-refractivity contribution in [3.05, 3.63) is 54.6 Å². The molecule has 5 rings (SSSR count). The molecule has 316 valence electrons. The highest BCUT2D eigenvalue weighted by atomic mass is 16.6. The number of benzene rings is 1. The first-order chi connectivity index (χ1) is 28.1. The van der Waals surface area contributed by atoms with Gasteiger partial charge in [-0.05, 0) is 30.5 Å². The molecule has 7 amide bonds. The Balaban J connectivity index is 1.01. The second-order valence-electron chi connectivity index (χ2n) is 13.9. The highest BCUT2D eigenvalue weighted by Gasteiger charge is 2.45. The number of anilines is 2. The second-order valence-corrected chi connectivity index (χ2v) is 13.9. The molecule has 2 aliphatic heterocycles. The van der Waals surface area contributed by atoms with Crippen molar-refractivity contribution < 1.29 is 58.4 Å². The molecule has 0 spiro atoms. The number of ether oxygens (including phenoxy) is 2. The number of carbonyl (C=O) groups is 7. The number of amides is 7. The smallest absolute Gasteiger partial charge is 0.407 e. The number of imidazole rings is 1. The molecule has 0 saturated carbocycles. The third-order valence-electron chi connectivity index (χ3n) is 9.22. The molecule has 0 aliphatic carbocycles. The van der Waals surface area contributed by atoms with Gasteiger partial charge in [0.15, 0.2) is 17.7 Å². The molecule has 0 radical (unpaired) electrons. The molecule has 4 heterocycles. The zero-order valence-corrected chi connectivity index (χ0v) is 32.1. The number of fused-ring (bicyclic) bond motifs is 1. The van der Waals surface area contributed by atoms with Crippen LogP contribution < -0.4 is 31.9 Å². The molecular formula is C36H45N11O12. The van der Waals surface area contributed by atoms with Crippen LogP contribution in [0.4, 0.5) is 16.3 Å². The predicted molar refractivity (Wildman–Crippen MR) is 203 cm³/mol. The summed E-state index contributed by atoms with van der Waals surface area (Å²) in [7, 11) is 0. The molecule has 0 unspecified atom stereocenters. The number of aromatic amines is 1. The summed E-state index contributed by atoms with van der Waals surface area (Å²) >= 11 is 0. The normalized spacial score (nSPS) is 21.1. The number of hydrogen-bond donors (Lipinski definition) is 10. The van der Waals surface area contributed by atoms with Crippen molar-refractivity contribution in [2.45, 2.75) is 76.5 Å². The Kier molecular flexibility index (Phi) is 14.6. The Hall–Kier alpha value is -6.56. The van der Waals surface area contributed by atoms with Crippen LogP contribution in [0.3, 0.4) is 0 Å². The van der Waals surface area contributed by atoms with Crippen molar-refractivity contribution >= 4 is 64.2 Å². The van der Waals surface area contributed by atoms with Crippen molar-refractivity contribution in [2.24, 2.45) is 5.92 Å². The minimum absolute atomic E-state index is 0.146. The number of nitrogens with one attached hydrogen (secondary N) is 7. The molecule has 59 heavy (non-hydrogen) atoms. The summed E-state index contributed by atoms with van der Waals surface area (Å²) in [6.45, 7) is 3.29. The number of carbonyl (C=O) groups excluding carboxylic acids is 7. The van der Waals surface area contributed by atoms with E-state index in [9.17, 15) is 48.9 Å². The zero-order chi connectivity index (χ0) is 42.8. The first-order valence-electron chi connectivity index (χ1n) is 18.4. The van der Waals surface area contributed by atoms with Gasteiger partial charge in [-0.25, -0.2) is 19.7 Å². The van der Waals surface area contributed by atoms with E-state index in [0.717, 1.165) is 17.1 Å². The van der Waals surface area contributed by atoms with Crippen LogP contribution >= 0.6 is 0 Å². The van der Waals surface area contributed by atoms with Crippen molar-refractivity contribution in [2.75, 3.05) is 30.3 Å². The summed E-state index contributed by atoms with van der Waals surface area (Å²) in [5.41, 5.74) is 1.64. The number of rotatable bonds is 17. The number of nitrogens with zero attached hydrogens (tertiary/aromatic N) is 4. The van der Waals surface area contributed by atoms with Crippen LogP contribution in [0.25, 0.3) is 11.2 Å². The second kappa shape index (κ2) is 19.7. The molecule has 1 fully saturated rings. The van der Waals surface area contributed by atoms with Gasteiger partial charge < -0.3 is 61.7 Å². The standard InChI is InChI=1S/C36H45N11O12/c1-17(2)26(44-22(49)10-11-47-24(51)8-9-25(47)52)34(56)42-18(3)33(55)43-20-6-4-19(5-7-20)14-58-36(57)37-12-23(50)45-27-21(13-48)59-35(30(54)29(27)53)46-32-28-31(39-15-38-28)40-16-41-32/h4-9,15-18,21,26-27,29-30,35,48,53-54H,10-14H2,1-3H3,(H,37,57)(H,42,56)(H,43,55)(H,44,49)(H,45,50)(H2,38,39,40,41,46)/t18-,21-,26-,27-,29+,30-,35-/m0/s1. The third kappa shape index (κ3) is 11.3. The number of aromatic nitrogens is 4. The van der Waals surface area contributed by atoms with Crippen LogP contribution in [-0.2, 0) is 44.8 Å². The highest BCUT2D eigenvalue weighted by molar-refractivity contribution is 6.13. The Labute approximate surface area is 335 Å². The van der Waals surface area contributed by atoms with Crippen LogP contribution in [-0.4, -0.2) is 144 Å². The van der Waals surface area contributed by atoms with Gasteiger partial charge in [0.25, 0.3) is 11.8 Å². The summed E-state index contributed by atoms with van der Waals surface area (Å²) < 4.78 is 10.9. The summed E-state index contributed by atoms with van der Waals surface area (Å²) in [6.07, 6.45) is -1.89. The van der Waals surface area contributed by atoms with E-state index in [1.54, 1.807) is 26.0 Å². The molecule has 0 bridgehead atoms.